The van der Waals surface area contributed by atoms with Gasteiger partial charge in [-0.25, -0.2) is 0 Å². The minimum atomic E-state index is 0.203. The number of ether oxygens (including phenoxy) is 1. The van der Waals surface area contributed by atoms with Crippen LogP contribution < -0.4 is 10.5 Å². The topological polar surface area (TPSA) is 35.2 Å². The molecule has 2 unspecified atom stereocenters. The first-order valence-corrected chi connectivity index (χ1v) is 5.57. The molecule has 1 aromatic rings. The molecule has 2 N–H and O–H groups in total. The Kier molecular flexibility index (Phi) is 2.70. The molecule has 0 aliphatic heterocycles. The summed E-state index contributed by atoms with van der Waals surface area (Å²) in [6, 6.07) is 8.33. The Morgan fingerprint density at radius 3 is 2.80 bits per heavy atom. The average molecular weight is 205 g/mol. The molecule has 0 amide bonds. The Morgan fingerprint density at radius 2 is 2.33 bits per heavy atom. The molecule has 0 aromatic heterocycles. The van der Waals surface area contributed by atoms with E-state index in [-0.39, 0.29) is 5.41 Å². The molecule has 1 aliphatic rings. The highest BCUT2D eigenvalue weighted by Gasteiger charge is 2.44. The maximum Gasteiger partial charge on any atom is 0.119 e. The van der Waals surface area contributed by atoms with E-state index in [1.54, 1.807) is 7.11 Å². The van der Waals surface area contributed by atoms with Gasteiger partial charge in [-0.15, -0.1) is 0 Å². The first-order chi connectivity index (χ1) is 7.23. The van der Waals surface area contributed by atoms with Crippen molar-refractivity contribution in [2.24, 2.45) is 11.7 Å². The predicted octanol–water partition coefficient (Wildman–Crippen LogP) is 2.32. The minimum absolute atomic E-state index is 0.203. The molecule has 1 aliphatic carbocycles. The van der Waals surface area contributed by atoms with Gasteiger partial charge >= 0.3 is 0 Å². The molecule has 1 saturated carbocycles. The van der Waals surface area contributed by atoms with Crippen LogP contribution >= 0.6 is 0 Å². The van der Waals surface area contributed by atoms with Crippen LogP contribution in [0.5, 0.6) is 5.75 Å². The molecular weight excluding hydrogens is 186 g/mol. The van der Waals surface area contributed by atoms with Gasteiger partial charge < -0.3 is 10.5 Å². The van der Waals surface area contributed by atoms with Gasteiger partial charge in [0.1, 0.15) is 5.75 Å². The first-order valence-electron chi connectivity index (χ1n) is 5.57. The highest BCUT2D eigenvalue weighted by atomic mass is 16.5. The van der Waals surface area contributed by atoms with Crippen LogP contribution in [0.4, 0.5) is 0 Å². The van der Waals surface area contributed by atoms with Crippen LogP contribution in [0.25, 0.3) is 0 Å². The predicted molar refractivity (Wildman–Crippen MR) is 62.1 cm³/mol. The summed E-state index contributed by atoms with van der Waals surface area (Å²) in [7, 11) is 1.71. The fraction of sp³-hybridized carbons (Fsp3) is 0.538. The third kappa shape index (κ3) is 1.53. The highest BCUT2D eigenvalue weighted by Crippen LogP contribution is 2.48. The zero-order chi connectivity index (χ0) is 10.9. The van der Waals surface area contributed by atoms with Crippen molar-refractivity contribution in [2.45, 2.75) is 25.2 Å². The fourth-order valence-electron chi connectivity index (χ4n) is 2.56. The number of nitrogens with two attached hydrogens (primary N) is 1. The maximum atomic E-state index is 5.94. The first kappa shape index (κ1) is 10.5. The third-order valence-corrected chi connectivity index (χ3v) is 3.98. The summed E-state index contributed by atoms with van der Waals surface area (Å²) < 4.78 is 5.26. The molecule has 2 heteroatoms. The molecule has 0 heterocycles. The normalized spacial score (nSPS) is 29.7. The molecule has 82 valence electrons. The molecule has 0 spiro atoms. The van der Waals surface area contributed by atoms with E-state index < -0.39 is 0 Å². The second-order valence-electron chi connectivity index (χ2n) is 4.53. The number of benzene rings is 1. The van der Waals surface area contributed by atoms with Crippen LogP contribution in [0.1, 0.15) is 25.3 Å². The van der Waals surface area contributed by atoms with Crippen molar-refractivity contribution in [3.63, 3.8) is 0 Å². The molecule has 1 fully saturated rings. The van der Waals surface area contributed by atoms with Gasteiger partial charge in [0.25, 0.3) is 0 Å². The Labute approximate surface area is 91.4 Å². The lowest BCUT2D eigenvalue weighted by atomic mass is 9.57. The van der Waals surface area contributed by atoms with Crippen molar-refractivity contribution in [3.05, 3.63) is 29.8 Å². The lowest BCUT2D eigenvalue weighted by molar-refractivity contribution is 0.146. The van der Waals surface area contributed by atoms with Crippen molar-refractivity contribution in [1.82, 2.24) is 0 Å². The van der Waals surface area contributed by atoms with E-state index in [9.17, 15) is 0 Å². The van der Waals surface area contributed by atoms with Crippen molar-refractivity contribution >= 4 is 0 Å². The monoisotopic (exact) mass is 205 g/mol. The Hall–Kier alpha value is -1.02. The van der Waals surface area contributed by atoms with Gasteiger partial charge in [-0.05, 0) is 36.5 Å². The number of hydrogen-bond acceptors (Lipinski definition) is 2. The molecule has 1 aromatic carbocycles. The summed E-state index contributed by atoms with van der Waals surface area (Å²) in [4.78, 5) is 0. The minimum Gasteiger partial charge on any atom is -0.497 e. The SMILES string of the molecule is COc1cccc(C2(CN)CCC2C)c1. The summed E-state index contributed by atoms with van der Waals surface area (Å²) >= 11 is 0. The van der Waals surface area contributed by atoms with Crippen molar-refractivity contribution in [3.8, 4) is 5.75 Å². The van der Waals surface area contributed by atoms with Gasteiger partial charge in [-0.3, -0.25) is 0 Å². The van der Waals surface area contributed by atoms with E-state index >= 15 is 0 Å². The Balaban J connectivity index is 2.34. The second-order valence-corrected chi connectivity index (χ2v) is 4.53. The average Bonchev–Trinajstić information content (AvgIpc) is 2.29. The van der Waals surface area contributed by atoms with Crippen molar-refractivity contribution in [2.75, 3.05) is 13.7 Å². The van der Waals surface area contributed by atoms with Crippen LogP contribution in [0.15, 0.2) is 24.3 Å². The van der Waals surface area contributed by atoms with Crippen LogP contribution in [0, 0.1) is 5.92 Å². The largest absolute Gasteiger partial charge is 0.497 e. The number of hydrogen-bond donors (Lipinski definition) is 1. The van der Waals surface area contributed by atoms with Crippen LogP contribution in [0.2, 0.25) is 0 Å². The molecule has 0 radical (unpaired) electrons. The highest BCUT2D eigenvalue weighted by molar-refractivity contribution is 5.36. The van der Waals surface area contributed by atoms with Crippen LogP contribution in [0.3, 0.4) is 0 Å². The van der Waals surface area contributed by atoms with E-state index in [0.717, 1.165) is 12.3 Å². The zero-order valence-electron chi connectivity index (χ0n) is 9.49. The molecule has 0 bridgehead atoms. The molecule has 2 atom stereocenters. The van der Waals surface area contributed by atoms with Crippen LogP contribution in [-0.2, 0) is 5.41 Å². The summed E-state index contributed by atoms with van der Waals surface area (Å²) in [5.41, 5.74) is 7.48. The van der Waals surface area contributed by atoms with Crippen molar-refractivity contribution < 1.29 is 4.74 Å². The summed E-state index contributed by atoms with van der Waals surface area (Å²) in [6.45, 7) is 3.02. The van der Waals surface area contributed by atoms with E-state index in [1.165, 1.54) is 18.4 Å². The van der Waals surface area contributed by atoms with Crippen LogP contribution in [-0.4, -0.2) is 13.7 Å². The standard InChI is InChI=1S/C13H19NO/c1-10-6-7-13(10,9-14)11-4-3-5-12(8-11)15-2/h3-5,8,10H,6-7,9,14H2,1-2H3. The zero-order valence-corrected chi connectivity index (χ0v) is 9.49. The van der Waals surface area contributed by atoms with E-state index in [2.05, 4.69) is 25.1 Å². The van der Waals surface area contributed by atoms with Gasteiger partial charge in [0.05, 0.1) is 7.11 Å². The summed E-state index contributed by atoms with van der Waals surface area (Å²) in [6.07, 6.45) is 2.49. The fourth-order valence-corrected chi connectivity index (χ4v) is 2.56. The smallest absolute Gasteiger partial charge is 0.119 e. The van der Waals surface area contributed by atoms with Gasteiger partial charge in [-0.1, -0.05) is 19.1 Å². The molecule has 0 saturated heterocycles. The third-order valence-electron chi connectivity index (χ3n) is 3.98. The Bertz CT molecular complexity index is 346. The van der Waals surface area contributed by atoms with E-state index in [0.29, 0.717) is 5.92 Å². The second kappa shape index (κ2) is 3.86. The van der Waals surface area contributed by atoms with Gasteiger partial charge in [-0.2, -0.15) is 0 Å². The van der Waals surface area contributed by atoms with Gasteiger partial charge in [0.2, 0.25) is 0 Å². The quantitative estimate of drug-likeness (QED) is 0.822. The lowest BCUT2D eigenvalue weighted by Crippen LogP contribution is -2.48. The maximum absolute atomic E-state index is 5.94. The van der Waals surface area contributed by atoms with Gasteiger partial charge in [0.15, 0.2) is 0 Å². The summed E-state index contributed by atoms with van der Waals surface area (Å²) in [5.74, 6) is 1.62. The number of rotatable bonds is 3. The van der Waals surface area contributed by atoms with Gasteiger partial charge in [0, 0.05) is 12.0 Å². The number of methoxy groups -OCH3 is 1. The molecular formula is C13H19NO. The van der Waals surface area contributed by atoms with E-state index in [1.807, 2.05) is 6.07 Å². The van der Waals surface area contributed by atoms with E-state index in [4.69, 9.17) is 10.5 Å². The molecule has 2 nitrogen and oxygen atoms in total. The molecule has 15 heavy (non-hydrogen) atoms. The lowest BCUT2D eigenvalue weighted by Gasteiger charge is -2.48. The Morgan fingerprint density at radius 1 is 1.53 bits per heavy atom. The molecule has 2 rings (SSSR count). The van der Waals surface area contributed by atoms with Crippen molar-refractivity contribution in [1.29, 1.82) is 0 Å². The summed E-state index contributed by atoms with van der Waals surface area (Å²) in [5, 5.41) is 0.